The molecule has 32 heavy (non-hydrogen) atoms. The molecule has 1 unspecified atom stereocenters. The molecule has 2 amide bonds. The first-order chi connectivity index (χ1) is 15.1. The molecule has 2 rings (SSSR count). The second-order valence-corrected chi connectivity index (χ2v) is 9.87. The SMILES string of the molecule is CCNC(=O)C(CC)N(Cc1ccc(Cl)cc1Cl)C(=O)CCc1ccc(C(C)(C)C)cc1. The Balaban J connectivity index is 2.21. The number of hydrogen-bond donors (Lipinski definition) is 1. The highest BCUT2D eigenvalue weighted by molar-refractivity contribution is 6.35. The molecule has 2 aromatic rings. The van der Waals surface area contributed by atoms with Crippen molar-refractivity contribution >= 4 is 35.0 Å². The number of nitrogens with one attached hydrogen (secondary N) is 1. The first-order valence-corrected chi connectivity index (χ1v) is 11.9. The summed E-state index contributed by atoms with van der Waals surface area (Å²) in [7, 11) is 0. The molecule has 0 saturated carbocycles. The van der Waals surface area contributed by atoms with Crippen molar-refractivity contribution in [3.8, 4) is 0 Å². The predicted octanol–water partition coefficient (Wildman–Crippen LogP) is 6.17. The highest BCUT2D eigenvalue weighted by atomic mass is 35.5. The molecule has 0 aromatic heterocycles. The lowest BCUT2D eigenvalue weighted by molar-refractivity contribution is -0.141. The highest BCUT2D eigenvalue weighted by Gasteiger charge is 2.28. The zero-order chi connectivity index (χ0) is 23.9. The van der Waals surface area contributed by atoms with Gasteiger partial charge in [-0.3, -0.25) is 9.59 Å². The third-order valence-electron chi connectivity index (χ3n) is 5.54. The van der Waals surface area contributed by atoms with Gasteiger partial charge in [-0.15, -0.1) is 0 Å². The van der Waals surface area contributed by atoms with E-state index in [0.29, 0.717) is 35.9 Å². The summed E-state index contributed by atoms with van der Waals surface area (Å²) in [5.74, 6) is -0.225. The Hall–Kier alpha value is -2.04. The van der Waals surface area contributed by atoms with Crippen molar-refractivity contribution in [1.82, 2.24) is 10.2 Å². The minimum atomic E-state index is -0.558. The Kier molecular flexibility index (Phi) is 9.60. The van der Waals surface area contributed by atoms with Crippen LogP contribution in [0.3, 0.4) is 0 Å². The van der Waals surface area contributed by atoms with Crippen LogP contribution in [0.25, 0.3) is 0 Å². The Morgan fingerprint density at radius 1 is 1.03 bits per heavy atom. The molecule has 0 aliphatic rings. The molecule has 0 bridgehead atoms. The number of hydrogen-bond acceptors (Lipinski definition) is 2. The van der Waals surface area contributed by atoms with Crippen LogP contribution in [-0.4, -0.2) is 29.3 Å². The van der Waals surface area contributed by atoms with Gasteiger partial charge in [0.2, 0.25) is 11.8 Å². The normalized spacial score (nSPS) is 12.3. The van der Waals surface area contributed by atoms with Crippen molar-refractivity contribution in [2.75, 3.05) is 6.54 Å². The van der Waals surface area contributed by atoms with E-state index < -0.39 is 6.04 Å². The van der Waals surface area contributed by atoms with E-state index in [1.807, 2.05) is 13.8 Å². The van der Waals surface area contributed by atoms with Crippen LogP contribution in [0.5, 0.6) is 0 Å². The van der Waals surface area contributed by atoms with Crippen molar-refractivity contribution in [1.29, 1.82) is 0 Å². The average molecular weight is 477 g/mol. The summed E-state index contributed by atoms with van der Waals surface area (Å²) in [5, 5.41) is 3.87. The van der Waals surface area contributed by atoms with E-state index in [1.165, 1.54) is 5.56 Å². The van der Waals surface area contributed by atoms with Gasteiger partial charge in [0.25, 0.3) is 0 Å². The zero-order valence-electron chi connectivity index (χ0n) is 19.7. The monoisotopic (exact) mass is 476 g/mol. The molecule has 0 aliphatic carbocycles. The standard InChI is InChI=1S/C26H34Cl2N2O2/c1-6-23(25(32)29-7-2)30(17-19-11-14-21(27)16-22(19)28)24(31)15-10-18-8-12-20(13-9-18)26(3,4)5/h8-9,11-14,16,23H,6-7,10,15,17H2,1-5H3,(H,29,32). The van der Waals surface area contributed by atoms with Gasteiger partial charge >= 0.3 is 0 Å². The lowest BCUT2D eigenvalue weighted by Crippen LogP contribution is -2.49. The fourth-order valence-electron chi connectivity index (χ4n) is 3.61. The summed E-state index contributed by atoms with van der Waals surface area (Å²) in [6.45, 7) is 11.1. The van der Waals surface area contributed by atoms with Crippen molar-refractivity contribution in [2.45, 2.75) is 71.9 Å². The number of nitrogens with zero attached hydrogens (tertiary/aromatic N) is 1. The van der Waals surface area contributed by atoms with Crippen LogP contribution in [0.15, 0.2) is 42.5 Å². The largest absolute Gasteiger partial charge is 0.355 e. The maximum absolute atomic E-state index is 13.3. The number of aryl methyl sites for hydroxylation is 1. The summed E-state index contributed by atoms with van der Waals surface area (Å²) in [4.78, 5) is 27.6. The first-order valence-electron chi connectivity index (χ1n) is 11.2. The third-order valence-corrected chi connectivity index (χ3v) is 6.13. The molecule has 0 radical (unpaired) electrons. The van der Waals surface area contributed by atoms with Crippen molar-refractivity contribution in [3.63, 3.8) is 0 Å². The molecule has 0 aliphatic heterocycles. The van der Waals surface area contributed by atoms with E-state index in [-0.39, 0.29) is 23.8 Å². The Morgan fingerprint density at radius 3 is 2.22 bits per heavy atom. The van der Waals surface area contributed by atoms with E-state index in [1.54, 1.807) is 23.1 Å². The Morgan fingerprint density at radius 2 is 1.69 bits per heavy atom. The van der Waals surface area contributed by atoms with Crippen molar-refractivity contribution in [3.05, 3.63) is 69.2 Å². The average Bonchev–Trinajstić information content (AvgIpc) is 2.73. The number of likely N-dealkylation sites (N-methyl/N-ethyl adjacent to an activating group) is 1. The molecule has 0 saturated heterocycles. The molecule has 6 heteroatoms. The van der Waals surface area contributed by atoms with Crippen LogP contribution in [0.2, 0.25) is 10.0 Å². The summed E-state index contributed by atoms with van der Waals surface area (Å²) >= 11 is 12.4. The maximum atomic E-state index is 13.3. The number of carbonyl (C=O) groups is 2. The van der Waals surface area contributed by atoms with Gasteiger partial charge in [-0.25, -0.2) is 0 Å². The summed E-state index contributed by atoms with van der Waals surface area (Å²) in [5.41, 5.74) is 3.21. The predicted molar refractivity (Wildman–Crippen MR) is 133 cm³/mol. The fraction of sp³-hybridized carbons (Fsp3) is 0.462. The lowest BCUT2D eigenvalue weighted by Gasteiger charge is -2.31. The van der Waals surface area contributed by atoms with Gasteiger partial charge in [0.1, 0.15) is 6.04 Å². The lowest BCUT2D eigenvalue weighted by atomic mass is 9.86. The van der Waals surface area contributed by atoms with Gasteiger partial charge in [-0.2, -0.15) is 0 Å². The minimum Gasteiger partial charge on any atom is -0.355 e. The van der Waals surface area contributed by atoms with Crippen LogP contribution in [0, 0.1) is 0 Å². The summed E-state index contributed by atoms with van der Waals surface area (Å²) < 4.78 is 0. The molecule has 4 nitrogen and oxygen atoms in total. The van der Waals surface area contributed by atoms with E-state index in [9.17, 15) is 9.59 Å². The van der Waals surface area contributed by atoms with Gasteiger partial charge in [0, 0.05) is 29.6 Å². The number of amides is 2. The molecule has 1 atom stereocenters. The van der Waals surface area contributed by atoms with E-state index in [2.05, 4.69) is 50.4 Å². The van der Waals surface area contributed by atoms with Gasteiger partial charge in [-0.05, 0) is 54.0 Å². The molecular formula is C26H34Cl2N2O2. The molecular weight excluding hydrogens is 443 g/mol. The van der Waals surface area contributed by atoms with E-state index in [4.69, 9.17) is 23.2 Å². The van der Waals surface area contributed by atoms with Crippen LogP contribution in [-0.2, 0) is 28.0 Å². The first kappa shape index (κ1) is 26.2. The van der Waals surface area contributed by atoms with Gasteiger partial charge < -0.3 is 10.2 Å². The van der Waals surface area contributed by atoms with E-state index >= 15 is 0 Å². The fourth-order valence-corrected chi connectivity index (χ4v) is 4.08. The van der Waals surface area contributed by atoms with Gasteiger partial charge in [0.15, 0.2) is 0 Å². The van der Waals surface area contributed by atoms with Crippen molar-refractivity contribution in [2.24, 2.45) is 0 Å². The minimum absolute atomic E-state index is 0.0750. The van der Waals surface area contributed by atoms with Crippen molar-refractivity contribution < 1.29 is 9.59 Å². The second kappa shape index (κ2) is 11.7. The molecule has 0 fully saturated rings. The third kappa shape index (κ3) is 7.25. The van der Waals surface area contributed by atoms with E-state index in [0.717, 1.165) is 11.1 Å². The summed E-state index contributed by atoms with van der Waals surface area (Å²) in [6.07, 6.45) is 1.44. The highest BCUT2D eigenvalue weighted by Crippen LogP contribution is 2.25. The van der Waals surface area contributed by atoms with Crippen LogP contribution in [0.1, 0.15) is 64.2 Å². The van der Waals surface area contributed by atoms with Crippen LogP contribution in [0.4, 0.5) is 0 Å². The topological polar surface area (TPSA) is 49.4 Å². The van der Waals surface area contributed by atoms with Gasteiger partial charge in [0.05, 0.1) is 0 Å². The van der Waals surface area contributed by atoms with Crippen LogP contribution < -0.4 is 5.32 Å². The zero-order valence-corrected chi connectivity index (χ0v) is 21.2. The number of benzene rings is 2. The number of carbonyl (C=O) groups excluding carboxylic acids is 2. The molecule has 0 heterocycles. The number of rotatable bonds is 9. The van der Waals surface area contributed by atoms with Gasteiger partial charge in [-0.1, -0.05) is 81.2 Å². The molecule has 1 N–H and O–H groups in total. The maximum Gasteiger partial charge on any atom is 0.242 e. The second-order valence-electron chi connectivity index (χ2n) is 9.02. The molecule has 2 aromatic carbocycles. The smallest absolute Gasteiger partial charge is 0.242 e. The quantitative estimate of drug-likeness (QED) is 0.470. The Labute approximate surface area is 202 Å². The number of halogens is 2. The summed E-state index contributed by atoms with van der Waals surface area (Å²) in [6, 6.07) is 13.0. The Bertz CT molecular complexity index is 920. The molecule has 0 spiro atoms. The molecule has 174 valence electrons. The van der Waals surface area contributed by atoms with Crippen LogP contribution >= 0.6 is 23.2 Å².